The Bertz CT molecular complexity index is 493. The number of methoxy groups -OCH3 is 1. The van der Waals surface area contributed by atoms with E-state index in [0.717, 1.165) is 5.56 Å². The lowest BCUT2D eigenvalue weighted by molar-refractivity contribution is -0.177. The number of amides is 1. The van der Waals surface area contributed by atoms with Crippen LogP contribution in [0.3, 0.4) is 0 Å². The van der Waals surface area contributed by atoms with Gasteiger partial charge < -0.3 is 25.0 Å². The Morgan fingerprint density at radius 1 is 1.17 bits per heavy atom. The number of hydrogen-bond donors (Lipinski definition) is 3. The highest BCUT2D eigenvalue weighted by Crippen LogP contribution is 2.12. The third kappa shape index (κ3) is 7.73. The molecule has 128 valence electrons. The molecule has 0 spiro atoms. The maximum atomic E-state index is 11.9. The Morgan fingerprint density at radius 2 is 1.83 bits per heavy atom. The number of carbonyl (C=O) groups is 2. The lowest BCUT2D eigenvalue weighted by Crippen LogP contribution is -2.31. The van der Waals surface area contributed by atoms with Crippen molar-refractivity contribution in [3.05, 3.63) is 35.9 Å². The highest BCUT2D eigenvalue weighted by atomic mass is 16.7. The Balaban J connectivity index is 2.34. The molecule has 0 aliphatic carbocycles. The molecule has 0 radical (unpaired) electrons. The fourth-order valence-electron chi connectivity index (χ4n) is 1.98. The van der Waals surface area contributed by atoms with Crippen molar-refractivity contribution < 1.29 is 29.3 Å². The molecule has 0 saturated heterocycles. The molecule has 0 saturated carbocycles. The number of esters is 1. The molecule has 3 N–H and O–H groups in total. The van der Waals surface area contributed by atoms with E-state index in [2.05, 4.69) is 14.8 Å². The van der Waals surface area contributed by atoms with Gasteiger partial charge in [0, 0.05) is 7.11 Å². The summed E-state index contributed by atoms with van der Waals surface area (Å²) in [5, 5.41) is 21.7. The highest BCUT2D eigenvalue weighted by molar-refractivity contribution is 5.78. The number of aliphatic hydroxyl groups excluding tert-OH is 2. The Morgan fingerprint density at radius 3 is 2.43 bits per heavy atom. The first-order valence-electron chi connectivity index (χ1n) is 7.31. The summed E-state index contributed by atoms with van der Waals surface area (Å²) in [7, 11) is 1.35. The summed E-state index contributed by atoms with van der Waals surface area (Å²) in [5.74, 6) is -1.18. The number of nitrogens with one attached hydrogen (secondary N) is 1. The zero-order valence-corrected chi connectivity index (χ0v) is 13.3. The van der Waals surface area contributed by atoms with Crippen molar-refractivity contribution in [1.29, 1.82) is 0 Å². The van der Waals surface area contributed by atoms with Crippen LogP contribution in [0.1, 0.15) is 31.4 Å². The summed E-state index contributed by atoms with van der Waals surface area (Å²) in [4.78, 5) is 23.3. The Kier molecular flexibility index (Phi) is 8.25. The average molecular weight is 325 g/mol. The molecule has 1 aromatic carbocycles. The molecule has 3 atom stereocenters. The third-order valence-electron chi connectivity index (χ3n) is 3.08. The first-order valence-corrected chi connectivity index (χ1v) is 7.31. The number of aliphatic hydroxyl groups is 2. The molecule has 7 nitrogen and oxygen atoms in total. The molecule has 0 aliphatic rings. The van der Waals surface area contributed by atoms with Crippen LogP contribution in [0.5, 0.6) is 0 Å². The van der Waals surface area contributed by atoms with Gasteiger partial charge in [0.2, 0.25) is 12.2 Å². The SMILES string of the molecule is COCC(O)OC(=O)C[C@H](O)CC(=O)NC(C)c1ccccc1. The van der Waals surface area contributed by atoms with E-state index in [1.54, 1.807) is 0 Å². The lowest BCUT2D eigenvalue weighted by atomic mass is 10.1. The van der Waals surface area contributed by atoms with Crippen LogP contribution in [0.15, 0.2) is 30.3 Å². The molecule has 0 aliphatic heterocycles. The minimum absolute atomic E-state index is 0.156. The lowest BCUT2D eigenvalue weighted by Gasteiger charge is -2.16. The van der Waals surface area contributed by atoms with E-state index in [0.29, 0.717) is 0 Å². The minimum Gasteiger partial charge on any atom is -0.433 e. The van der Waals surface area contributed by atoms with Crippen LogP contribution in [0.4, 0.5) is 0 Å². The summed E-state index contributed by atoms with van der Waals surface area (Å²) in [6.45, 7) is 1.67. The fourth-order valence-corrected chi connectivity index (χ4v) is 1.98. The molecule has 1 amide bonds. The molecule has 1 rings (SSSR count). The van der Waals surface area contributed by atoms with Gasteiger partial charge in [-0.3, -0.25) is 9.59 Å². The predicted octanol–water partition coefficient (Wildman–Crippen LogP) is 0.513. The topological polar surface area (TPSA) is 105 Å². The van der Waals surface area contributed by atoms with Gasteiger partial charge >= 0.3 is 5.97 Å². The van der Waals surface area contributed by atoms with E-state index in [1.807, 2.05) is 37.3 Å². The van der Waals surface area contributed by atoms with Crippen LogP contribution in [-0.4, -0.2) is 48.2 Å². The predicted molar refractivity (Wildman–Crippen MR) is 82.2 cm³/mol. The summed E-state index contributed by atoms with van der Waals surface area (Å²) < 4.78 is 9.20. The smallest absolute Gasteiger partial charge is 0.310 e. The first-order chi connectivity index (χ1) is 10.9. The van der Waals surface area contributed by atoms with Gasteiger partial charge in [-0.1, -0.05) is 30.3 Å². The summed E-state index contributed by atoms with van der Waals surface area (Å²) >= 11 is 0. The molecule has 2 unspecified atom stereocenters. The zero-order chi connectivity index (χ0) is 17.2. The molecule has 1 aromatic rings. The number of hydrogen-bond acceptors (Lipinski definition) is 6. The third-order valence-corrected chi connectivity index (χ3v) is 3.08. The second-order valence-corrected chi connectivity index (χ2v) is 5.16. The summed E-state index contributed by atoms with van der Waals surface area (Å²) in [6.07, 6.45) is -3.17. The van der Waals surface area contributed by atoms with E-state index in [-0.39, 0.29) is 31.4 Å². The van der Waals surface area contributed by atoms with Gasteiger partial charge in [-0.15, -0.1) is 0 Å². The van der Waals surface area contributed by atoms with Gasteiger partial charge in [0.25, 0.3) is 0 Å². The Hall–Kier alpha value is -1.96. The largest absolute Gasteiger partial charge is 0.433 e. The minimum atomic E-state index is -1.38. The van der Waals surface area contributed by atoms with Crippen molar-refractivity contribution in [1.82, 2.24) is 5.32 Å². The zero-order valence-electron chi connectivity index (χ0n) is 13.3. The van der Waals surface area contributed by atoms with Crippen molar-refractivity contribution in [2.45, 2.75) is 38.2 Å². The highest BCUT2D eigenvalue weighted by Gasteiger charge is 2.19. The molecular formula is C16H23NO6. The van der Waals surface area contributed by atoms with Crippen LogP contribution in [-0.2, 0) is 19.1 Å². The fraction of sp³-hybridized carbons (Fsp3) is 0.500. The number of carbonyl (C=O) groups excluding carboxylic acids is 2. The maximum absolute atomic E-state index is 11.9. The number of rotatable bonds is 9. The quantitative estimate of drug-likeness (QED) is 0.451. The van der Waals surface area contributed by atoms with Crippen molar-refractivity contribution in [2.75, 3.05) is 13.7 Å². The molecule has 0 aromatic heterocycles. The summed E-state index contributed by atoms with van der Waals surface area (Å²) in [6, 6.07) is 9.19. The second kappa shape index (κ2) is 9.94. The number of ether oxygens (including phenoxy) is 2. The van der Waals surface area contributed by atoms with Crippen molar-refractivity contribution in [3.8, 4) is 0 Å². The maximum Gasteiger partial charge on any atom is 0.310 e. The average Bonchev–Trinajstić information content (AvgIpc) is 2.47. The molecular weight excluding hydrogens is 302 g/mol. The molecule has 7 heteroatoms. The molecule has 0 bridgehead atoms. The van der Waals surface area contributed by atoms with E-state index >= 15 is 0 Å². The van der Waals surface area contributed by atoms with Crippen LogP contribution >= 0.6 is 0 Å². The first kappa shape index (κ1) is 19.1. The Labute approximate surface area is 135 Å². The van der Waals surface area contributed by atoms with Gasteiger partial charge in [-0.25, -0.2) is 0 Å². The normalized spacial score (nSPS) is 14.6. The molecule has 23 heavy (non-hydrogen) atoms. The van der Waals surface area contributed by atoms with E-state index < -0.39 is 18.4 Å². The van der Waals surface area contributed by atoms with Gasteiger partial charge in [-0.2, -0.15) is 0 Å². The van der Waals surface area contributed by atoms with Crippen LogP contribution < -0.4 is 5.32 Å². The van der Waals surface area contributed by atoms with E-state index in [9.17, 15) is 19.8 Å². The molecule has 0 fully saturated rings. The van der Waals surface area contributed by atoms with E-state index in [1.165, 1.54) is 7.11 Å². The van der Waals surface area contributed by atoms with Crippen LogP contribution in [0, 0.1) is 0 Å². The monoisotopic (exact) mass is 325 g/mol. The van der Waals surface area contributed by atoms with Crippen LogP contribution in [0.2, 0.25) is 0 Å². The molecule has 0 heterocycles. The van der Waals surface area contributed by atoms with Crippen molar-refractivity contribution in [2.24, 2.45) is 0 Å². The van der Waals surface area contributed by atoms with Gasteiger partial charge in [0.15, 0.2) is 0 Å². The van der Waals surface area contributed by atoms with Crippen molar-refractivity contribution >= 4 is 11.9 Å². The van der Waals surface area contributed by atoms with E-state index in [4.69, 9.17) is 0 Å². The van der Waals surface area contributed by atoms with Gasteiger partial charge in [-0.05, 0) is 12.5 Å². The summed E-state index contributed by atoms with van der Waals surface area (Å²) in [5.41, 5.74) is 0.942. The second-order valence-electron chi connectivity index (χ2n) is 5.16. The van der Waals surface area contributed by atoms with Gasteiger partial charge in [0.05, 0.1) is 25.0 Å². The number of benzene rings is 1. The van der Waals surface area contributed by atoms with Crippen LogP contribution in [0.25, 0.3) is 0 Å². The van der Waals surface area contributed by atoms with Crippen molar-refractivity contribution in [3.63, 3.8) is 0 Å². The van der Waals surface area contributed by atoms with Gasteiger partial charge in [0.1, 0.15) is 6.61 Å². The standard InChI is InChI=1S/C16H23NO6/c1-11(12-6-4-3-5-7-12)17-14(19)8-13(18)9-15(20)23-16(21)10-22-2/h3-7,11,13,16,18,21H,8-10H2,1-2H3,(H,17,19)/t11?,13-,16?/m1/s1.